The zero-order valence-electron chi connectivity index (χ0n) is 15.7. The number of alkyl halides is 3. The Labute approximate surface area is 170 Å². The van der Waals surface area contributed by atoms with Gasteiger partial charge in [0.1, 0.15) is 5.78 Å². The van der Waals surface area contributed by atoms with Crippen LogP contribution in [0.4, 0.5) is 13.2 Å². The minimum Gasteiger partial charge on any atom is -0.361 e. The Bertz CT molecular complexity index is 1030. The second-order valence-corrected chi connectivity index (χ2v) is 8.21. The number of carbonyl (C=O) groups is 1. The second-order valence-electron chi connectivity index (χ2n) is 7.26. The van der Waals surface area contributed by atoms with Crippen LogP contribution < -0.4 is 5.32 Å². The molecule has 0 saturated carbocycles. The molecule has 3 heterocycles. The summed E-state index contributed by atoms with van der Waals surface area (Å²) in [7, 11) is 0. The fourth-order valence-electron chi connectivity index (χ4n) is 3.78. The molecular weight excluding hydrogens is 397 g/mol. The zero-order valence-corrected chi connectivity index (χ0v) is 16.5. The molecule has 1 aromatic carbocycles. The molecule has 0 saturated heterocycles. The van der Waals surface area contributed by atoms with E-state index in [1.165, 1.54) is 22.6 Å². The van der Waals surface area contributed by atoms with E-state index in [4.69, 9.17) is 0 Å². The van der Waals surface area contributed by atoms with Gasteiger partial charge in [0.25, 0.3) is 0 Å². The van der Waals surface area contributed by atoms with Crippen LogP contribution >= 0.6 is 11.3 Å². The number of carbonyl (C=O) groups excluding carboxylic acids is 1. The van der Waals surface area contributed by atoms with Crippen LogP contribution in [0.1, 0.15) is 35.3 Å². The maximum absolute atomic E-state index is 13.0. The van der Waals surface area contributed by atoms with Gasteiger partial charge >= 0.3 is 6.18 Å². The Hall–Kier alpha value is -2.38. The Morgan fingerprint density at radius 3 is 2.86 bits per heavy atom. The molecule has 0 spiro atoms. The number of hydrogen-bond acceptors (Lipinski definition) is 3. The van der Waals surface area contributed by atoms with Crippen molar-refractivity contribution in [3.63, 3.8) is 0 Å². The predicted molar refractivity (Wildman–Crippen MR) is 110 cm³/mol. The lowest BCUT2D eigenvalue weighted by Gasteiger charge is -2.22. The molecule has 0 amide bonds. The van der Waals surface area contributed by atoms with Gasteiger partial charge in [-0.1, -0.05) is 12.1 Å². The van der Waals surface area contributed by atoms with Gasteiger partial charge < -0.3 is 10.3 Å². The number of Topliss-reactive ketones (excluding diaryl/α,β-unsaturated/α-hetero) is 1. The van der Waals surface area contributed by atoms with E-state index in [1.54, 1.807) is 17.5 Å². The van der Waals surface area contributed by atoms with Gasteiger partial charge in [0, 0.05) is 34.9 Å². The molecule has 2 N–H and O–H groups in total. The summed E-state index contributed by atoms with van der Waals surface area (Å²) < 4.78 is 39.0. The van der Waals surface area contributed by atoms with E-state index >= 15 is 0 Å². The number of aromatic nitrogens is 1. The fraction of sp³-hybridized carbons (Fsp3) is 0.318. The number of hydrogen-bond donors (Lipinski definition) is 2. The van der Waals surface area contributed by atoms with Crippen LogP contribution in [0.15, 0.2) is 48.0 Å². The molecule has 152 valence electrons. The molecule has 1 aliphatic rings. The SMILES string of the molecule is O=C(CCCc1c[nH]c2ccc(C(F)(F)F)cc12)C1CC(c2cccs2)=CCN1. The number of aryl methyl sites for hydroxylation is 1. The number of ketones is 1. The van der Waals surface area contributed by atoms with Crippen LogP contribution in [0, 0.1) is 0 Å². The van der Waals surface area contributed by atoms with Crippen LogP contribution in [0.25, 0.3) is 16.5 Å². The molecule has 4 rings (SSSR count). The van der Waals surface area contributed by atoms with Crippen molar-refractivity contribution >= 4 is 33.6 Å². The van der Waals surface area contributed by atoms with Gasteiger partial charge in [-0.15, -0.1) is 11.3 Å². The van der Waals surface area contributed by atoms with Crippen LogP contribution in [-0.4, -0.2) is 23.4 Å². The van der Waals surface area contributed by atoms with Crippen molar-refractivity contribution in [3.05, 3.63) is 64.0 Å². The quantitative estimate of drug-likeness (QED) is 0.548. The highest BCUT2D eigenvalue weighted by Crippen LogP contribution is 2.33. The molecule has 7 heteroatoms. The molecule has 0 fully saturated rings. The summed E-state index contributed by atoms with van der Waals surface area (Å²) in [6.45, 7) is 0.673. The molecule has 0 aliphatic carbocycles. The van der Waals surface area contributed by atoms with Crippen LogP contribution in [0.2, 0.25) is 0 Å². The number of benzene rings is 1. The van der Waals surface area contributed by atoms with Crippen molar-refractivity contribution in [1.82, 2.24) is 10.3 Å². The number of fused-ring (bicyclic) bond motifs is 1. The average Bonchev–Trinajstić information content (AvgIpc) is 3.37. The number of H-pyrrole nitrogens is 1. The van der Waals surface area contributed by atoms with Gasteiger partial charge in [-0.05, 0) is 60.0 Å². The molecule has 2 aromatic heterocycles. The molecule has 1 unspecified atom stereocenters. The van der Waals surface area contributed by atoms with E-state index in [2.05, 4.69) is 22.4 Å². The first kappa shape index (κ1) is 19.9. The number of aromatic amines is 1. The molecule has 1 aliphatic heterocycles. The van der Waals surface area contributed by atoms with E-state index in [1.807, 2.05) is 11.4 Å². The molecule has 3 aromatic rings. The minimum atomic E-state index is -4.36. The number of halogens is 3. The fourth-order valence-corrected chi connectivity index (χ4v) is 4.56. The molecule has 29 heavy (non-hydrogen) atoms. The first-order chi connectivity index (χ1) is 13.9. The smallest absolute Gasteiger partial charge is 0.361 e. The minimum absolute atomic E-state index is 0.156. The van der Waals surface area contributed by atoms with E-state index < -0.39 is 11.7 Å². The summed E-state index contributed by atoms with van der Waals surface area (Å²) in [5.74, 6) is 0.156. The molecule has 3 nitrogen and oxygen atoms in total. The van der Waals surface area contributed by atoms with E-state index in [-0.39, 0.29) is 11.8 Å². The highest BCUT2D eigenvalue weighted by molar-refractivity contribution is 7.11. The zero-order chi connectivity index (χ0) is 20.4. The molecular formula is C22H21F3N2OS. The maximum atomic E-state index is 13.0. The molecule has 0 radical (unpaired) electrons. The third-order valence-electron chi connectivity index (χ3n) is 5.33. The summed E-state index contributed by atoms with van der Waals surface area (Å²) in [4.78, 5) is 16.9. The monoisotopic (exact) mass is 418 g/mol. The van der Waals surface area contributed by atoms with Crippen LogP contribution in [-0.2, 0) is 17.4 Å². The normalized spacial score (nSPS) is 17.5. The maximum Gasteiger partial charge on any atom is 0.416 e. The average molecular weight is 418 g/mol. The molecule has 0 bridgehead atoms. The van der Waals surface area contributed by atoms with Crippen LogP contribution in [0.5, 0.6) is 0 Å². The van der Waals surface area contributed by atoms with E-state index in [0.717, 1.165) is 11.6 Å². The van der Waals surface area contributed by atoms with Crippen LogP contribution in [0.3, 0.4) is 0 Å². The van der Waals surface area contributed by atoms with Gasteiger partial charge in [-0.2, -0.15) is 13.2 Å². The first-order valence-electron chi connectivity index (χ1n) is 9.58. The van der Waals surface area contributed by atoms with Gasteiger partial charge in [0.2, 0.25) is 0 Å². The Morgan fingerprint density at radius 1 is 1.24 bits per heavy atom. The van der Waals surface area contributed by atoms with Gasteiger partial charge in [0.05, 0.1) is 11.6 Å². The molecule has 1 atom stereocenters. The lowest BCUT2D eigenvalue weighted by atomic mass is 9.94. The van der Waals surface area contributed by atoms with Gasteiger partial charge in [-0.3, -0.25) is 4.79 Å². The van der Waals surface area contributed by atoms with Crippen molar-refractivity contribution in [3.8, 4) is 0 Å². The van der Waals surface area contributed by atoms with Gasteiger partial charge in [0.15, 0.2) is 0 Å². The number of thiophene rings is 1. The highest BCUT2D eigenvalue weighted by Gasteiger charge is 2.30. The predicted octanol–water partition coefficient (Wildman–Crippen LogP) is 5.59. The number of rotatable bonds is 6. The topological polar surface area (TPSA) is 44.9 Å². The third-order valence-corrected chi connectivity index (χ3v) is 6.27. The van der Waals surface area contributed by atoms with Crippen molar-refractivity contribution in [2.45, 2.75) is 37.9 Å². The lowest BCUT2D eigenvalue weighted by Crippen LogP contribution is -2.39. The first-order valence-corrected chi connectivity index (χ1v) is 10.5. The second kappa shape index (κ2) is 8.16. The third kappa shape index (κ3) is 4.46. The lowest BCUT2D eigenvalue weighted by molar-refractivity contribution is -0.137. The largest absolute Gasteiger partial charge is 0.416 e. The standard InChI is InChI=1S/C22H21F3N2OS/c23-22(24,25)16-6-7-18-17(12-16)15(13-27-18)3-1-4-20(28)19-11-14(8-9-26-19)21-5-2-10-29-21/h2,5-8,10,12-13,19,26-27H,1,3-4,9,11H2. The van der Waals surface area contributed by atoms with E-state index in [9.17, 15) is 18.0 Å². The van der Waals surface area contributed by atoms with Gasteiger partial charge in [-0.25, -0.2) is 0 Å². The van der Waals surface area contributed by atoms with E-state index in [0.29, 0.717) is 43.1 Å². The Morgan fingerprint density at radius 2 is 2.10 bits per heavy atom. The summed E-state index contributed by atoms with van der Waals surface area (Å²) in [5, 5.41) is 5.86. The summed E-state index contributed by atoms with van der Waals surface area (Å²) in [6.07, 6.45) is 1.76. The van der Waals surface area contributed by atoms with Crippen molar-refractivity contribution in [2.75, 3.05) is 6.54 Å². The summed E-state index contributed by atoms with van der Waals surface area (Å²) in [5.41, 5.74) is 2.04. The van der Waals surface area contributed by atoms with Crippen molar-refractivity contribution < 1.29 is 18.0 Å². The summed E-state index contributed by atoms with van der Waals surface area (Å²) in [6, 6.07) is 7.60. The Balaban J connectivity index is 1.36. The number of nitrogens with one attached hydrogen (secondary N) is 2. The van der Waals surface area contributed by atoms with Crippen molar-refractivity contribution in [1.29, 1.82) is 0 Å². The highest BCUT2D eigenvalue weighted by atomic mass is 32.1. The Kier molecular flexibility index (Phi) is 5.61. The summed E-state index contributed by atoms with van der Waals surface area (Å²) >= 11 is 1.67. The van der Waals surface area contributed by atoms with Crippen molar-refractivity contribution in [2.24, 2.45) is 0 Å².